The van der Waals surface area contributed by atoms with E-state index in [0.717, 1.165) is 12.8 Å². The Morgan fingerprint density at radius 2 is 1.66 bits per heavy atom. The van der Waals surface area contributed by atoms with Crippen LogP contribution in [0.3, 0.4) is 0 Å². The van der Waals surface area contributed by atoms with E-state index in [4.69, 9.17) is 0 Å². The average molecular weight is 497 g/mol. The van der Waals surface area contributed by atoms with Gasteiger partial charge in [0.1, 0.15) is 6.04 Å². The van der Waals surface area contributed by atoms with Gasteiger partial charge in [-0.3, -0.25) is 4.79 Å². The molecule has 32 heavy (non-hydrogen) atoms. The highest BCUT2D eigenvalue weighted by Crippen LogP contribution is 2.30. The Bertz CT molecular complexity index is 1130. The highest BCUT2D eigenvalue weighted by atomic mass is 32.2. The molecule has 2 aromatic rings. The number of thioether (sulfide) groups is 1. The van der Waals surface area contributed by atoms with Crippen LogP contribution < -0.4 is 10.0 Å². The van der Waals surface area contributed by atoms with Gasteiger partial charge in [0.2, 0.25) is 15.9 Å². The van der Waals surface area contributed by atoms with Crippen molar-refractivity contribution in [1.82, 2.24) is 4.72 Å². The minimum atomic E-state index is -3.89. The molecule has 1 atom stereocenters. The van der Waals surface area contributed by atoms with Gasteiger partial charge in [-0.1, -0.05) is 37.1 Å². The maximum Gasteiger partial charge on any atom is 0.242 e. The van der Waals surface area contributed by atoms with Gasteiger partial charge >= 0.3 is 0 Å². The first-order chi connectivity index (χ1) is 15.2. The topological polar surface area (TPSA) is 109 Å². The van der Waals surface area contributed by atoms with Crippen LogP contribution in [0.5, 0.6) is 0 Å². The van der Waals surface area contributed by atoms with E-state index in [1.807, 2.05) is 6.26 Å². The molecule has 1 fully saturated rings. The van der Waals surface area contributed by atoms with Crippen LogP contribution in [0.2, 0.25) is 0 Å². The molecule has 1 amide bonds. The summed E-state index contributed by atoms with van der Waals surface area (Å²) in [4.78, 5) is 13.2. The van der Waals surface area contributed by atoms with Crippen molar-refractivity contribution in [2.24, 2.45) is 0 Å². The number of nitrogens with one attached hydrogen (secondary N) is 2. The van der Waals surface area contributed by atoms with Crippen molar-refractivity contribution in [2.45, 2.75) is 53.2 Å². The molecule has 10 heteroatoms. The molecule has 2 aromatic carbocycles. The standard InChI is InChI=1S/C22H28N2O5S3/c1-30-15-14-21(24-32(28,29)19-11-3-2-4-12-19)22(25)23-17-8-7-13-20(16-17)31(26,27)18-9-5-6-10-18/h2-4,7-8,11-13,16,18,21,24H,5-6,9-10,14-15H2,1H3,(H,23,25). The van der Waals surface area contributed by atoms with Gasteiger partial charge in [-0.2, -0.15) is 16.5 Å². The Hall–Kier alpha value is -1.88. The van der Waals surface area contributed by atoms with Crippen LogP contribution in [0.15, 0.2) is 64.4 Å². The van der Waals surface area contributed by atoms with Crippen LogP contribution in [0.25, 0.3) is 0 Å². The predicted molar refractivity (Wildman–Crippen MR) is 128 cm³/mol. The molecule has 1 saturated carbocycles. The number of hydrogen-bond donors (Lipinski definition) is 2. The fraction of sp³-hybridized carbons (Fsp3) is 0.409. The van der Waals surface area contributed by atoms with Crippen molar-refractivity contribution in [3.8, 4) is 0 Å². The van der Waals surface area contributed by atoms with Crippen molar-refractivity contribution in [2.75, 3.05) is 17.3 Å². The van der Waals surface area contributed by atoms with E-state index in [2.05, 4.69) is 10.0 Å². The second-order valence-electron chi connectivity index (χ2n) is 7.74. The summed E-state index contributed by atoms with van der Waals surface area (Å²) in [6.07, 6.45) is 5.27. The molecule has 7 nitrogen and oxygen atoms in total. The first kappa shape index (κ1) is 24.8. The Kier molecular flexibility index (Phi) is 8.37. The van der Waals surface area contributed by atoms with Crippen LogP contribution in [0, 0.1) is 0 Å². The van der Waals surface area contributed by atoms with Crippen molar-refractivity contribution in [1.29, 1.82) is 0 Å². The largest absolute Gasteiger partial charge is 0.325 e. The fourth-order valence-electron chi connectivity index (χ4n) is 3.71. The van der Waals surface area contributed by atoms with E-state index in [0.29, 0.717) is 30.7 Å². The van der Waals surface area contributed by atoms with Crippen LogP contribution in [0.4, 0.5) is 5.69 Å². The predicted octanol–water partition coefficient (Wildman–Crippen LogP) is 3.44. The van der Waals surface area contributed by atoms with Crippen LogP contribution in [-0.2, 0) is 24.7 Å². The molecular weight excluding hydrogens is 468 g/mol. The number of sulfone groups is 1. The SMILES string of the molecule is CSCCC(NS(=O)(=O)c1ccccc1)C(=O)Nc1cccc(S(=O)(=O)C2CCCC2)c1. The third-order valence-corrected chi connectivity index (χ3v) is 9.84. The molecule has 174 valence electrons. The van der Waals surface area contributed by atoms with Crippen LogP contribution >= 0.6 is 11.8 Å². The molecule has 0 heterocycles. The van der Waals surface area contributed by atoms with Crippen molar-refractivity contribution in [3.63, 3.8) is 0 Å². The van der Waals surface area contributed by atoms with Crippen LogP contribution in [0.1, 0.15) is 32.1 Å². The first-order valence-electron chi connectivity index (χ1n) is 10.4. The number of hydrogen-bond acceptors (Lipinski definition) is 6. The zero-order valence-electron chi connectivity index (χ0n) is 17.9. The molecule has 2 N–H and O–H groups in total. The molecule has 0 aromatic heterocycles. The second kappa shape index (κ2) is 10.8. The normalized spacial score (nSPS) is 16.0. The minimum absolute atomic E-state index is 0.0756. The van der Waals surface area contributed by atoms with Gasteiger partial charge in [-0.25, -0.2) is 16.8 Å². The molecule has 0 bridgehead atoms. The van der Waals surface area contributed by atoms with E-state index in [9.17, 15) is 21.6 Å². The summed E-state index contributed by atoms with van der Waals surface area (Å²) in [6, 6.07) is 13.0. The van der Waals surface area contributed by atoms with E-state index >= 15 is 0 Å². The average Bonchev–Trinajstić information content (AvgIpc) is 3.33. The lowest BCUT2D eigenvalue weighted by molar-refractivity contribution is -0.117. The summed E-state index contributed by atoms with van der Waals surface area (Å²) < 4.78 is 53.7. The lowest BCUT2D eigenvalue weighted by atomic mass is 10.2. The van der Waals surface area contributed by atoms with Gasteiger partial charge in [-0.05, 0) is 61.6 Å². The highest BCUT2D eigenvalue weighted by Gasteiger charge is 2.31. The smallest absolute Gasteiger partial charge is 0.242 e. The molecule has 0 aliphatic heterocycles. The zero-order valence-corrected chi connectivity index (χ0v) is 20.3. The molecule has 1 aliphatic carbocycles. The number of sulfonamides is 1. The van der Waals surface area contributed by atoms with Crippen LogP contribution in [-0.4, -0.2) is 46.0 Å². The van der Waals surface area contributed by atoms with E-state index in [1.54, 1.807) is 30.3 Å². The second-order valence-corrected chi connectivity index (χ2v) is 12.7. The van der Waals surface area contributed by atoms with E-state index in [-0.39, 0.29) is 15.0 Å². The summed E-state index contributed by atoms with van der Waals surface area (Å²) in [5.74, 6) is 0.0415. The van der Waals surface area contributed by atoms with Gasteiger partial charge in [0.05, 0.1) is 15.0 Å². The Morgan fingerprint density at radius 1 is 1.00 bits per heavy atom. The summed E-state index contributed by atoms with van der Waals surface area (Å²) >= 11 is 1.50. The first-order valence-corrected chi connectivity index (χ1v) is 14.9. The van der Waals surface area contributed by atoms with Crippen molar-refractivity contribution >= 4 is 43.2 Å². The minimum Gasteiger partial charge on any atom is -0.325 e. The van der Waals surface area contributed by atoms with Gasteiger partial charge < -0.3 is 5.32 Å². The molecule has 1 aliphatic rings. The number of benzene rings is 2. The van der Waals surface area contributed by atoms with Crippen molar-refractivity contribution in [3.05, 3.63) is 54.6 Å². The Balaban J connectivity index is 1.78. The highest BCUT2D eigenvalue weighted by molar-refractivity contribution is 7.98. The molecular formula is C22H28N2O5S3. The van der Waals surface area contributed by atoms with E-state index in [1.165, 1.54) is 36.0 Å². The fourth-order valence-corrected chi connectivity index (χ4v) is 7.33. The lowest BCUT2D eigenvalue weighted by Crippen LogP contribution is -2.44. The van der Waals surface area contributed by atoms with Gasteiger partial charge in [0.25, 0.3) is 0 Å². The summed E-state index contributed by atoms with van der Waals surface area (Å²) in [5, 5.41) is 2.30. The molecule has 3 rings (SSSR count). The van der Waals surface area contributed by atoms with Gasteiger partial charge in [0.15, 0.2) is 9.84 Å². The number of carbonyl (C=O) groups is 1. The number of amides is 1. The third-order valence-electron chi connectivity index (χ3n) is 5.45. The third kappa shape index (κ3) is 6.12. The number of anilines is 1. The van der Waals surface area contributed by atoms with E-state index < -0.39 is 31.8 Å². The summed E-state index contributed by atoms with van der Waals surface area (Å²) in [6.45, 7) is 0. The van der Waals surface area contributed by atoms with Crippen molar-refractivity contribution < 1.29 is 21.6 Å². The zero-order chi connectivity index (χ0) is 23.2. The lowest BCUT2D eigenvalue weighted by Gasteiger charge is -2.19. The summed E-state index contributed by atoms with van der Waals surface area (Å²) in [5.41, 5.74) is 0.321. The Morgan fingerprint density at radius 3 is 2.31 bits per heavy atom. The maximum absolute atomic E-state index is 12.9. The number of rotatable bonds is 10. The van der Waals surface area contributed by atoms with Gasteiger partial charge in [-0.15, -0.1) is 0 Å². The van der Waals surface area contributed by atoms with Gasteiger partial charge in [0, 0.05) is 5.69 Å². The Labute approximate surface area is 194 Å². The molecule has 0 radical (unpaired) electrons. The molecule has 0 spiro atoms. The maximum atomic E-state index is 12.9. The molecule has 0 saturated heterocycles. The quantitative estimate of drug-likeness (QED) is 0.521. The number of carbonyl (C=O) groups excluding carboxylic acids is 1. The summed E-state index contributed by atoms with van der Waals surface area (Å²) in [7, 11) is -7.35. The monoisotopic (exact) mass is 496 g/mol. The molecule has 1 unspecified atom stereocenters.